The molecule has 1 aliphatic rings. The van der Waals surface area contributed by atoms with E-state index in [4.69, 9.17) is 0 Å². The second-order valence-corrected chi connectivity index (χ2v) is 12.0. The van der Waals surface area contributed by atoms with Gasteiger partial charge < -0.3 is 0 Å². The van der Waals surface area contributed by atoms with Crippen molar-refractivity contribution in [2.45, 2.75) is 12.8 Å². The van der Waals surface area contributed by atoms with Gasteiger partial charge in [-0.25, -0.2) is 0 Å². The second-order valence-electron chi connectivity index (χ2n) is 7.89. The quantitative estimate of drug-likeness (QED) is 0.284. The maximum absolute atomic E-state index is 2.57. The number of allylic oxidation sites excluding steroid dienone is 2. The lowest BCUT2D eigenvalue weighted by molar-refractivity contribution is 0.830. The van der Waals surface area contributed by atoms with Gasteiger partial charge in [0.2, 0.25) is 0 Å². The Morgan fingerprint density at radius 2 is 0.625 bits per heavy atom. The number of hydrogen-bond donors (Lipinski definition) is 0. The lowest BCUT2D eigenvalue weighted by Gasteiger charge is -2.27. The highest BCUT2D eigenvalue weighted by Crippen LogP contribution is 2.47. The Morgan fingerprint density at radius 1 is 0.375 bits per heavy atom. The minimum absolute atomic E-state index is 0.501. The van der Waals surface area contributed by atoms with Crippen molar-refractivity contribution in [3.8, 4) is 0 Å². The van der Waals surface area contributed by atoms with Crippen LogP contribution in [-0.2, 0) is 0 Å². The van der Waals surface area contributed by atoms with Crippen LogP contribution in [-0.4, -0.2) is 0 Å². The smallest absolute Gasteiger partial charge is 0.0157 e. The third kappa shape index (κ3) is 4.83. The molecule has 0 saturated heterocycles. The van der Waals surface area contributed by atoms with Gasteiger partial charge >= 0.3 is 0 Å². The van der Waals surface area contributed by atoms with Gasteiger partial charge in [-0.05, 0) is 72.7 Å². The van der Waals surface area contributed by atoms with Crippen LogP contribution in [0.4, 0.5) is 0 Å². The van der Waals surface area contributed by atoms with E-state index in [2.05, 4.69) is 133 Å². The first kappa shape index (κ1) is 21.1. The fraction of sp³-hybridized carbons (Fsp3) is 0.0667. The summed E-state index contributed by atoms with van der Waals surface area (Å²) >= 11 is 0. The van der Waals surface area contributed by atoms with Gasteiger partial charge in [0.15, 0.2) is 0 Å². The first-order valence-corrected chi connectivity index (χ1v) is 13.9. The minimum Gasteiger partial charge on any atom is -0.0622 e. The molecule has 0 atom stereocenters. The molecule has 0 aromatic heterocycles. The van der Waals surface area contributed by atoms with Gasteiger partial charge in [-0.3, -0.25) is 0 Å². The maximum atomic E-state index is 2.57. The lowest BCUT2D eigenvalue weighted by Crippen LogP contribution is -2.14. The molecule has 0 spiro atoms. The van der Waals surface area contributed by atoms with Crippen molar-refractivity contribution in [2.75, 3.05) is 0 Å². The monoisotopic (exact) mass is 448 g/mol. The second kappa shape index (κ2) is 10.2. The Labute approximate surface area is 193 Å². The van der Waals surface area contributed by atoms with E-state index in [9.17, 15) is 0 Å². The van der Waals surface area contributed by atoms with Crippen molar-refractivity contribution < 1.29 is 0 Å². The fourth-order valence-corrected chi connectivity index (χ4v) is 8.35. The highest BCUT2D eigenvalue weighted by atomic mass is 31.1. The highest BCUT2D eigenvalue weighted by molar-refractivity contribution is 7.76. The molecule has 1 aliphatic carbocycles. The van der Waals surface area contributed by atoms with E-state index in [0.29, 0.717) is 0 Å². The molecule has 0 bridgehead atoms. The van der Waals surface area contributed by atoms with Crippen LogP contribution in [0.2, 0.25) is 0 Å². The molecular weight excluding hydrogens is 422 g/mol. The Kier molecular flexibility index (Phi) is 6.74. The van der Waals surface area contributed by atoms with E-state index in [-0.39, 0.29) is 0 Å². The Bertz CT molecular complexity index is 1020. The Hall–Kier alpha value is -2.78. The third-order valence-corrected chi connectivity index (χ3v) is 10.3. The molecule has 0 heterocycles. The molecule has 32 heavy (non-hydrogen) atoms. The van der Waals surface area contributed by atoms with E-state index >= 15 is 0 Å². The summed E-state index contributed by atoms with van der Waals surface area (Å²) in [6.45, 7) is 0. The summed E-state index contributed by atoms with van der Waals surface area (Å²) in [6.07, 6.45) is 2.36. The first-order chi connectivity index (χ1) is 15.9. The van der Waals surface area contributed by atoms with Crippen LogP contribution in [0.25, 0.3) is 0 Å². The van der Waals surface area contributed by atoms with Gasteiger partial charge in [-0.1, -0.05) is 121 Å². The summed E-state index contributed by atoms with van der Waals surface area (Å²) in [7, 11) is -1.00. The molecule has 0 N–H and O–H groups in total. The largest absolute Gasteiger partial charge is 0.0622 e. The van der Waals surface area contributed by atoms with Gasteiger partial charge in [-0.15, -0.1) is 0 Å². The molecule has 0 aliphatic heterocycles. The fourth-order valence-electron chi connectivity index (χ4n) is 3.97. The predicted molar refractivity (Wildman–Crippen MR) is 144 cm³/mol. The minimum atomic E-state index is -0.501. The normalized spacial score (nSPS) is 15.9. The van der Waals surface area contributed by atoms with Gasteiger partial charge in [-0.2, -0.15) is 0 Å². The molecule has 0 nitrogen and oxygen atoms in total. The molecule has 5 rings (SSSR count). The standard InChI is InChI=1S/C30H26P2/c1-5-13-27(14-6-1)31(28-15-7-2-8-16-28)23-25-21-22-26(25)24-32(29-17-9-3-10-18-29)30-19-11-4-12-20-30/h1-20,23-24H,21-22H2/b25-23+,26-24?. The van der Waals surface area contributed by atoms with Crippen LogP contribution in [0.5, 0.6) is 0 Å². The molecule has 0 radical (unpaired) electrons. The average molecular weight is 448 g/mol. The summed E-state index contributed by atoms with van der Waals surface area (Å²) in [5, 5.41) is 5.67. The summed E-state index contributed by atoms with van der Waals surface area (Å²) in [4.78, 5) is 0. The van der Waals surface area contributed by atoms with Crippen molar-refractivity contribution in [3.63, 3.8) is 0 Å². The van der Waals surface area contributed by atoms with Crippen molar-refractivity contribution in [1.29, 1.82) is 0 Å². The molecule has 4 aromatic carbocycles. The molecule has 1 saturated carbocycles. The zero-order chi connectivity index (χ0) is 21.6. The van der Waals surface area contributed by atoms with Gasteiger partial charge in [0.05, 0.1) is 0 Å². The van der Waals surface area contributed by atoms with E-state index in [1.807, 2.05) is 0 Å². The number of hydrogen-bond acceptors (Lipinski definition) is 0. The third-order valence-electron chi connectivity index (χ3n) is 5.78. The van der Waals surface area contributed by atoms with E-state index in [1.54, 1.807) is 0 Å². The molecule has 0 amide bonds. The van der Waals surface area contributed by atoms with Crippen molar-refractivity contribution in [1.82, 2.24) is 0 Å². The molecule has 2 heteroatoms. The zero-order valence-electron chi connectivity index (χ0n) is 18.0. The topological polar surface area (TPSA) is 0 Å². The van der Waals surface area contributed by atoms with Crippen LogP contribution >= 0.6 is 15.8 Å². The molecule has 1 fully saturated rings. The molecule has 4 aromatic rings. The van der Waals surface area contributed by atoms with Crippen LogP contribution in [0.3, 0.4) is 0 Å². The summed E-state index contributed by atoms with van der Waals surface area (Å²) in [5.41, 5.74) is 3.06. The summed E-state index contributed by atoms with van der Waals surface area (Å²) in [5.74, 6) is 5.14. The molecule has 156 valence electrons. The van der Waals surface area contributed by atoms with Crippen LogP contribution in [0.15, 0.2) is 144 Å². The Morgan fingerprint density at radius 3 is 0.844 bits per heavy atom. The maximum Gasteiger partial charge on any atom is -0.0157 e. The van der Waals surface area contributed by atoms with E-state index in [0.717, 1.165) is 0 Å². The Balaban J connectivity index is 1.53. The first-order valence-electron chi connectivity index (χ1n) is 11.1. The summed E-state index contributed by atoms with van der Waals surface area (Å²) < 4.78 is 0. The van der Waals surface area contributed by atoms with Gasteiger partial charge in [0.1, 0.15) is 0 Å². The highest BCUT2D eigenvalue weighted by Gasteiger charge is 2.22. The van der Waals surface area contributed by atoms with Crippen LogP contribution in [0, 0.1) is 0 Å². The average Bonchev–Trinajstić information content (AvgIpc) is 2.86. The SMILES string of the molecule is C(=C1CC/C1=C\P(c1ccccc1)c1ccccc1)P(c1ccccc1)c1ccccc1. The molecular formula is C30H26P2. The van der Waals surface area contributed by atoms with Crippen molar-refractivity contribution in [2.24, 2.45) is 0 Å². The van der Waals surface area contributed by atoms with Crippen molar-refractivity contribution in [3.05, 3.63) is 144 Å². The molecule has 0 unspecified atom stereocenters. The van der Waals surface area contributed by atoms with Crippen LogP contribution in [0.1, 0.15) is 12.8 Å². The van der Waals surface area contributed by atoms with E-state index in [1.165, 1.54) is 45.2 Å². The van der Waals surface area contributed by atoms with Crippen LogP contribution < -0.4 is 21.2 Å². The van der Waals surface area contributed by atoms with E-state index < -0.39 is 15.8 Å². The lowest BCUT2D eigenvalue weighted by atomic mass is 9.88. The summed E-state index contributed by atoms with van der Waals surface area (Å²) in [6, 6.07) is 43.9. The zero-order valence-corrected chi connectivity index (χ0v) is 19.8. The number of benzene rings is 4. The predicted octanol–water partition coefficient (Wildman–Crippen LogP) is 6.81. The van der Waals surface area contributed by atoms with Crippen molar-refractivity contribution >= 4 is 37.1 Å². The van der Waals surface area contributed by atoms with Gasteiger partial charge in [0.25, 0.3) is 0 Å². The van der Waals surface area contributed by atoms with Gasteiger partial charge in [0, 0.05) is 0 Å². The number of rotatable bonds is 6.